The number of benzene rings is 1. The largest absolute Gasteiger partial charge is 0.497 e. The molecule has 25 heavy (non-hydrogen) atoms. The van der Waals surface area contributed by atoms with Gasteiger partial charge in [-0.05, 0) is 45.6 Å². The molecule has 1 aromatic carbocycles. The van der Waals surface area contributed by atoms with Gasteiger partial charge in [-0.1, -0.05) is 12.1 Å². The number of methoxy groups -OCH3 is 1. The topological polar surface area (TPSA) is 67.6 Å². The van der Waals surface area contributed by atoms with Crippen LogP contribution in [0.4, 0.5) is 5.82 Å². The fourth-order valence-electron chi connectivity index (χ4n) is 2.86. The average Bonchev–Trinajstić information content (AvgIpc) is 2.95. The second kappa shape index (κ2) is 7.06. The Morgan fingerprint density at radius 2 is 2.00 bits per heavy atom. The van der Waals surface area contributed by atoms with Crippen molar-refractivity contribution in [1.82, 2.24) is 24.5 Å². The summed E-state index contributed by atoms with van der Waals surface area (Å²) < 4.78 is 7.10. The van der Waals surface area contributed by atoms with E-state index in [9.17, 15) is 0 Å². The van der Waals surface area contributed by atoms with E-state index < -0.39 is 0 Å². The molecule has 0 aliphatic carbocycles. The molecule has 132 valence electrons. The first-order chi connectivity index (χ1) is 12.0. The van der Waals surface area contributed by atoms with Gasteiger partial charge in [0.2, 0.25) is 0 Å². The minimum Gasteiger partial charge on any atom is -0.497 e. The van der Waals surface area contributed by atoms with Crippen LogP contribution < -0.4 is 10.1 Å². The standard InChI is InChI=1S/C18H24N6O/c1-12-9-17(24-18(20-12)21-13(2)22-24)19-11-16(23(3)4)14-7-6-8-15(10-14)25-5/h6-10,16,19H,11H2,1-5H3. The monoisotopic (exact) mass is 340 g/mol. The van der Waals surface area contributed by atoms with Gasteiger partial charge in [0.1, 0.15) is 17.4 Å². The lowest BCUT2D eigenvalue weighted by Gasteiger charge is -2.26. The SMILES string of the molecule is COc1cccc(C(CNc2cc(C)nc3nc(C)nn23)N(C)C)c1. The highest BCUT2D eigenvalue weighted by Crippen LogP contribution is 2.23. The van der Waals surface area contributed by atoms with Gasteiger partial charge in [-0.15, -0.1) is 5.10 Å². The number of anilines is 1. The van der Waals surface area contributed by atoms with Crippen LogP contribution in [0.25, 0.3) is 5.78 Å². The lowest BCUT2D eigenvalue weighted by molar-refractivity contribution is 0.310. The minimum absolute atomic E-state index is 0.184. The van der Waals surface area contributed by atoms with Crippen LogP contribution in [-0.2, 0) is 0 Å². The van der Waals surface area contributed by atoms with Crippen LogP contribution in [0.3, 0.4) is 0 Å². The molecule has 0 aliphatic heterocycles. The normalized spacial score (nSPS) is 12.6. The van der Waals surface area contributed by atoms with E-state index in [2.05, 4.69) is 51.5 Å². The van der Waals surface area contributed by atoms with Gasteiger partial charge in [-0.2, -0.15) is 9.50 Å². The molecule has 3 rings (SSSR count). The second-order valence-electron chi connectivity index (χ2n) is 6.29. The Kier molecular flexibility index (Phi) is 4.85. The number of hydrogen-bond donors (Lipinski definition) is 1. The van der Waals surface area contributed by atoms with Crippen molar-refractivity contribution in [3.8, 4) is 5.75 Å². The second-order valence-corrected chi connectivity index (χ2v) is 6.29. The number of ether oxygens (including phenoxy) is 1. The first kappa shape index (κ1) is 17.2. The van der Waals surface area contributed by atoms with Crippen molar-refractivity contribution in [3.05, 3.63) is 47.4 Å². The Hall–Kier alpha value is -2.67. The summed E-state index contributed by atoms with van der Waals surface area (Å²) in [4.78, 5) is 11.0. The van der Waals surface area contributed by atoms with Crippen molar-refractivity contribution in [2.24, 2.45) is 0 Å². The van der Waals surface area contributed by atoms with Gasteiger partial charge in [0.05, 0.1) is 13.2 Å². The number of hydrogen-bond acceptors (Lipinski definition) is 6. The summed E-state index contributed by atoms with van der Waals surface area (Å²) in [7, 11) is 5.82. The van der Waals surface area contributed by atoms with Gasteiger partial charge in [0, 0.05) is 18.3 Å². The van der Waals surface area contributed by atoms with Crippen molar-refractivity contribution in [2.45, 2.75) is 19.9 Å². The third-order valence-electron chi connectivity index (χ3n) is 4.12. The predicted octanol–water partition coefficient (Wildman–Crippen LogP) is 2.46. The van der Waals surface area contributed by atoms with Crippen LogP contribution in [-0.4, -0.2) is 52.2 Å². The predicted molar refractivity (Wildman–Crippen MR) is 98.2 cm³/mol. The lowest BCUT2D eigenvalue weighted by Crippen LogP contribution is -2.27. The average molecular weight is 340 g/mol. The maximum Gasteiger partial charge on any atom is 0.254 e. The summed E-state index contributed by atoms with van der Waals surface area (Å²) >= 11 is 0. The van der Waals surface area contributed by atoms with E-state index >= 15 is 0 Å². The summed E-state index contributed by atoms with van der Waals surface area (Å²) in [5, 5.41) is 7.92. The van der Waals surface area contributed by atoms with E-state index in [0.29, 0.717) is 11.6 Å². The molecule has 7 nitrogen and oxygen atoms in total. The zero-order valence-electron chi connectivity index (χ0n) is 15.3. The van der Waals surface area contributed by atoms with Crippen molar-refractivity contribution in [2.75, 3.05) is 33.1 Å². The van der Waals surface area contributed by atoms with Crippen molar-refractivity contribution >= 4 is 11.6 Å². The first-order valence-corrected chi connectivity index (χ1v) is 8.23. The van der Waals surface area contributed by atoms with Gasteiger partial charge in [0.25, 0.3) is 5.78 Å². The minimum atomic E-state index is 0.184. The summed E-state index contributed by atoms with van der Waals surface area (Å²) in [6, 6.07) is 10.3. The molecule has 7 heteroatoms. The number of fused-ring (bicyclic) bond motifs is 1. The molecule has 0 radical (unpaired) electrons. The van der Waals surface area contributed by atoms with Gasteiger partial charge in [-0.25, -0.2) is 4.98 Å². The molecular weight excluding hydrogens is 316 g/mol. The van der Waals surface area contributed by atoms with Crippen molar-refractivity contribution in [3.63, 3.8) is 0 Å². The third kappa shape index (κ3) is 3.71. The van der Waals surface area contributed by atoms with Gasteiger partial charge in [-0.3, -0.25) is 0 Å². The van der Waals surface area contributed by atoms with Gasteiger partial charge < -0.3 is 15.0 Å². The molecule has 0 amide bonds. The lowest BCUT2D eigenvalue weighted by atomic mass is 10.1. The maximum atomic E-state index is 5.35. The quantitative estimate of drug-likeness (QED) is 0.743. The number of aryl methyl sites for hydroxylation is 2. The number of rotatable bonds is 6. The molecule has 2 heterocycles. The van der Waals surface area contributed by atoms with Crippen LogP contribution in [0.5, 0.6) is 5.75 Å². The maximum absolute atomic E-state index is 5.35. The summed E-state index contributed by atoms with van der Waals surface area (Å²) in [6.45, 7) is 4.55. The van der Waals surface area contributed by atoms with E-state index in [4.69, 9.17) is 4.74 Å². The van der Waals surface area contributed by atoms with E-state index in [0.717, 1.165) is 23.8 Å². The first-order valence-electron chi connectivity index (χ1n) is 8.23. The summed E-state index contributed by atoms with van der Waals surface area (Å²) in [6.07, 6.45) is 0. The third-order valence-corrected chi connectivity index (χ3v) is 4.12. The number of nitrogens with zero attached hydrogens (tertiary/aromatic N) is 5. The van der Waals surface area contributed by atoms with E-state index in [1.807, 2.05) is 32.0 Å². The Morgan fingerprint density at radius 3 is 2.72 bits per heavy atom. The van der Waals surface area contributed by atoms with E-state index in [-0.39, 0.29) is 6.04 Å². The highest BCUT2D eigenvalue weighted by atomic mass is 16.5. The molecule has 0 spiro atoms. The molecule has 0 bridgehead atoms. The smallest absolute Gasteiger partial charge is 0.254 e. The van der Waals surface area contributed by atoms with Crippen LogP contribution >= 0.6 is 0 Å². The van der Waals surface area contributed by atoms with E-state index in [1.54, 1.807) is 11.6 Å². The molecular formula is C18H24N6O. The van der Waals surface area contributed by atoms with Crippen LogP contribution in [0.15, 0.2) is 30.3 Å². The molecule has 1 N–H and O–H groups in total. The Balaban J connectivity index is 1.87. The number of likely N-dealkylation sites (N-methyl/N-ethyl adjacent to an activating group) is 1. The zero-order chi connectivity index (χ0) is 18.0. The van der Waals surface area contributed by atoms with Crippen LogP contribution in [0.2, 0.25) is 0 Å². The Morgan fingerprint density at radius 1 is 1.20 bits per heavy atom. The van der Waals surface area contributed by atoms with Crippen LogP contribution in [0, 0.1) is 13.8 Å². The van der Waals surface area contributed by atoms with Crippen molar-refractivity contribution in [1.29, 1.82) is 0 Å². The molecule has 1 atom stereocenters. The zero-order valence-corrected chi connectivity index (χ0v) is 15.3. The molecule has 0 fully saturated rings. The number of aromatic nitrogens is 4. The van der Waals surface area contributed by atoms with Crippen molar-refractivity contribution < 1.29 is 4.74 Å². The fourth-order valence-corrected chi connectivity index (χ4v) is 2.86. The van der Waals surface area contributed by atoms with E-state index in [1.165, 1.54) is 5.56 Å². The Bertz CT molecular complexity index is 873. The summed E-state index contributed by atoms with van der Waals surface area (Å²) in [5.41, 5.74) is 2.10. The number of nitrogens with one attached hydrogen (secondary N) is 1. The molecule has 2 aromatic heterocycles. The molecule has 1 unspecified atom stereocenters. The summed E-state index contributed by atoms with van der Waals surface area (Å²) in [5.74, 6) is 3.07. The Labute approximate surface area is 147 Å². The molecule has 0 saturated heterocycles. The molecule has 0 aliphatic rings. The van der Waals surface area contributed by atoms with Gasteiger partial charge in [0.15, 0.2) is 0 Å². The molecule has 3 aromatic rings. The highest BCUT2D eigenvalue weighted by Gasteiger charge is 2.16. The molecule has 0 saturated carbocycles. The fraction of sp³-hybridized carbons (Fsp3) is 0.389. The van der Waals surface area contributed by atoms with Crippen LogP contribution in [0.1, 0.15) is 23.1 Å². The van der Waals surface area contributed by atoms with Gasteiger partial charge >= 0.3 is 0 Å². The highest BCUT2D eigenvalue weighted by molar-refractivity contribution is 5.45.